The van der Waals surface area contributed by atoms with E-state index >= 15 is 0 Å². The minimum absolute atomic E-state index is 0.160. The largest absolute Gasteiger partial charge is 0.504 e. The van der Waals surface area contributed by atoms with Crippen LogP contribution in [0.1, 0.15) is 28.4 Å². The summed E-state index contributed by atoms with van der Waals surface area (Å²) in [6.07, 6.45) is 3.95. The molecule has 21 heavy (non-hydrogen) atoms. The second-order valence-corrected chi connectivity index (χ2v) is 4.49. The fourth-order valence-corrected chi connectivity index (χ4v) is 1.89. The summed E-state index contributed by atoms with van der Waals surface area (Å²) in [5, 5.41) is 18.8. The number of hydrogen-bond donors (Lipinski definition) is 2. The van der Waals surface area contributed by atoms with Gasteiger partial charge in [-0.05, 0) is 30.2 Å². The van der Waals surface area contributed by atoms with Gasteiger partial charge < -0.3 is 14.9 Å². The molecule has 0 aliphatic carbocycles. The predicted molar refractivity (Wildman–Crippen MR) is 80.5 cm³/mol. The second-order valence-electron chi connectivity index (χ2n) is 4.49. The van der Waals surface area contributed by atoms with Crippen LogP contribution in [0.25, 0.3) is 6.08 Å². The molecule has 0 unspecified atom stereocenters. The molecule has 2 aromatic rings. The maximum Gasteiger partial charge on any atom is 0.339 e. The molecule has 0 bridgehead atoms. The van der Waals surface area contributed by atoms with E-state index in [0.29, 0.717) is 0 Å². The first-order chi connectivity index (χ1) is 10.1. The molecule has 0 aliphatic heterocycles. The van der Waals surface area contributed by atoms with Crippen molar-refractivity contribution < 1.29 is 19.7 Å². The molecule has 0 spiro atoms. The minimum Gasteiger partial charge on any atom is -0.504 e. The van der Waals surface area contributed by atoms with E-state index in [1.165, 1.54) is 18.2 Å². The number of aromatic hydroxyl groups is 1. The van der Waals surface area contributed by atoms with Gasteiger partial charge >= 0.3 is 5.97 Å². The Balaban J connectivity index is 2.09. The number of carboxylic acids is 1. The van der Waals surface area contributed by atoms with Crippen molar-refractivity contribution in [2.45, 2.75) is 13.5 Å². The zero-order valence-electron chi connectivity index (χ0n) is 11.6. The third kappa shape index (κ3) is 3.63. The maximum atomic E-state index is 10.9. The summed E-state index contributed by atoms with van der Waals surface area (Å²) in [7, 11) is 0. The monoisotopic (exact) mass is 284 g/mol. The van der Waals surface area contributed by atoms with Gasteiger partial charge in [0.1, 0.15) is 12.2 Å². The van der Waals surface area contributed by atoms with E-state index in [0.717, 1.165) is 11.1 Å². The van der Waals surface area contributed by atoms with Gasteiger partial charge in [0.2, 0.25) is 0 Å². The quantitative estimate of drug-likeness (QED) is 0.878. The Hall–Kier alpha value is -2.75. The van der Waals surface area contributed by atoms with E-state index in [-0.39, 0.29) is 23.7 Å². The molecular formula is C17H16O4. The molecule has 0 atom stereocenters. The third-order valence-corrected chi connectivity index (χ3v) is 2.96. The molecule has 0 amide bonds. The van der Waals surface area contributed by atoms with Crippen LogP contribution in [0, 0.1) is 0 Å². The van der Waals surface area contributed by atoms with Crippen molar-refractivity contribution in [1.29, 1.82) is 0 Å². The van der Waals surface area contributed by atoms with Crippen LogP contribution in [0.5, 0.6) is 11.5 Å². The lowest BCUT2D eigenvalue weighted by Crippen LogP contribution is -2.00. The molecule has 4 nitrogen and oxygen atoms in total. The molecule has 0 saturated heterocycles. The van der Waals surface area contributed by atoms with Crippen LogP contribution in [-0.2, 0) is 6.61 Å². The Morgan fingerprint density at radius 3 is 2.52 bits per heavy atom. The van der Waals surface area contributed by atoms with Gasteiger partial charge in [0.05, 0.1) is 0 Å². The Kier molecular flexibility index (Phi) is 4.61. The van der Waals surface area contributed by atoms with E-state index in [1.54, 1.807) is 0 Å². The van der Waals surface area contributed by atoms with Crippen molar-refractivity contribution in [2.75, 3.05) is 0 Å². The average molecular weight is 284 g/mol. The Labute approximate surface area is 122 Å². The van der Waals surface area contributed by atoms with E-state index in [2.05, 4.69) is 0 Å². The van der Waals surface area contributed by atoms with Gasteiger partial charge in [-0.3, -0.25) is 0 Å². The molecule has 108 valence electrons. The normalized spacial score (nSPS) is 10.7. The van der Waals surface area contributed by atoms with Crippen LogP contribution in [0.3, 0.4) is 0 Å². The highest BCUT2D eigenvalue weighted by atomic mass is 16.5. The fourth-order valence-electron chi connectivity index (χ4n) is 1.89. The number of phenols is 1. The summed E-state index contributed by atoms with van der Waals surface area (Å²) in [6.45, 7) is 2.21. The van der Waals surface area contributed by atoms with Crippen LogP contribution in [0.4, 0.5) is 0 Å². The van der Waals surface area contributed by atoms with E-state index in [1.807, 2.05) is 43.3 Å². The predicted octanol–water partition coefficient (Wildman–Crippen LogP) is 3.70. The maximum absolute atomic E-state index is 10.9. The van der Waals surface area contributed by atoms with E-state index < -0.39 is 5.97 Å². The van der Waals surface area contributed by atoms with E-state index in [9.17, 15) is 9.90 Å². The van der Waals surface area contributed by atoms with Crippen LogP contribution < -0.4 is 4.74 Å². The van der Waals surface area contributed by atoms with Gasteiger partial charge in [0.15, 0.2) is 11.5 Å². The summed E-state index contributed by atoms with van der Waals surface area (Å²) in [5.74, 6) is -1.38. The van der Waals surface area contributed by atoms with Crippen molar-refractivity contribution in [3.63, 3.8) is 0 Å². The minimum atomic E-state index is -1.19. The number of para-hydroxylation sites is 1. The van der Waals surface area contributed by atoms with Crippen LogP contribution in [0.15, 0.2) is 48.5 Å². The lowest BCUT2D eigenvalue weighted by molar-refractivity contribution is 0.0692. The molecule has 0 aromatic heterocycles. The average Bonchev–Trinajstić information content (AvgIpc) is 2.48. The number of carbonyl (C=O) groups is 1. The van der Waals surface area contributed by atoms with Crippen molar-refractivity contribution in [2.24, 2.45) is 0 Å². The van der Waals surface area contributed by atoms with E-state index in [4.69, 9.17) is 9.84 Å². The van der Waals surface area contributed by atoms with Crippen LogP contribution in [0.2, 0.25) is 0 Å². The van der Waals surface area contributed by atoms with Crippen LogP contribution in [-0.4, -0.2) is 16.2 Å². The molecule has 0 aliphatic rings. The molecule has 0 radical (unpaired) electrons. The van der Waals surface area contributed by atoms with Gasteiger partial charge in [-0.1, -0.05) is 42.5 Å². The third-order valence-electron chi connectivity index (χ3n) is 2.96. The van der Waals surface area contributed by atoms with Gasteiger partial charge in [-0.2, -0.15) is 0 Å². The molecule has 2 rings (SSSR count). The summed E-state index contributed by atoms with van der Waals surface area (Å²) in [4.78, 5) is 10.9. The lowest BCUT2D eigenvalue weighted by Gasteiger charge is -2.09. The second kappa shape index (κ2) is 6.61. The smallest absolute Gasteiger partial charge is 0.339 e. The number of aromatic carboxylic acids is 1. The Morgan fingerprint density at radius 1 is 1.19 bits per heavy atom. The standard InChI is InChI=1S/C17H16O4/c1-2-4-12-7-9-13(10-8-12)11-21-15-6-3-5-14(16(15)18)17(19)20/h2-10,18H,11H2,1H3,(H,19,20). The first-order valence-corrected chi connectivity index (χ1v) is 6.51. The van der Waals surface area contributed by atoms with Gasteiger partial charge in [-0.15, -0.1) is 0 Å². The number of hydrogen-bond acceptors (Lipinski definition) is 3. The Bertz CT molecular complexity index is 657. The molecule has 2 aromatic carbocycles. The Morgan fingerprint density at radius 2 is 1.90 bits per heavy atom. The first kappa shape index (κ1) is 14.7. The zero-order chi connectivity index (χ0) is 15.2. The van der Waals surface area contributed by atoms with Gasteiger partial charge in [-0.25, -0.2) is 4.79 Å². The van der Waals surface area contributed by atoms with Crippen molar-refractivity contribution in [1.82, 2.24) is 0 Å². The molecule has 2 N–H and O–H groups in total. The van der Waals surface area contributed by atoms with Gasteiger partial charge in [0.25, 0.3) is 0 Å². The van der Waals surface area contributed by atoms with Crippen molar-refractivity contribution in [3.05, 3.63) is 65.2 Å². The molecule has 4 heteroatoms. The van der Waals surface area contributed by atoms with Crippen molar-refractivity contribution >= 4 is 12.0 Å². The number of ether oxygens (including phenoxy) is 1. The molecular weight excluding hydrogens is 268 g/mol. The van der Waals surface area contributed by atoms with Crippen molar-refractivity contribution in [3.8, 4) is 11.5 Å². The topological polar surface area (TPSA) is 66.8 Å². The molecule has 0 heterocycles. The number of benzene rings is 2. The number of rotatable bonds is 5. The first-order valence-electron chi connectivity index (χ1n) is 6.51. The lowest BCUT2D eigenvalue weighted by atomic mass is 10.1. The molecule has 0 fully saturated rings. The van der Waals surface area contributed by atoms with Crippen LogP contribution >= 0.6 is 0 Å². The van der Waals surface area contributed by atoms with Gasteiger partial charge in [0, 0.05) is 0 Å². The highest BCUT2D eigenvalue weighted by Crippen LogP contribution is 2.30. The summed E-state index contributed by atoms with van der Waals surface area (Å²) >= 11 is 0. The number of allylic oxidation sites excluding steroid dienone is 1. The highest BCUT2D eigenvalue weighted by Gasteiger charge is 2.13. The SMILES string of the molecule is CC=Cc1ccc(COc2cccc(C(=O)O)c2O)cc1. The summed E-state index contributed by atoms with van der Waals surface area (Å²) < 4.78 is 5.48. The highest BCUT2D eigenvalue weighted by molar-refractivity contribution is 5.91. The molecule has 0 saturated carbocycles. The summed E-state index contributed by atoms with van der Waals surface area (Å²) in [6, 6.07) is 12.2. The number of carboxylic acid groups (broad SMARTS) is 1. The zero-order valence-corrected chi connectivity index (χ0v) is 11.6. The fraction of sp³-hybridized carbons (Fsp3) is 0.118. The summed E-state index contributed by atoms with van der Waals surface area (Å²) in [5.41, 5.74) is 1.86.